The van der Waals surface area contributed by atoms with Gasteiger partial charge in [0, 0.05) is 51.5 Å². The van der Waals surface area contributed by atoms with Gasteiger partial charge in [0.15, 0.2) is 0 Å². The summed E-state index contributed by atoms with van der Waals surface area (Å²) >= 11 is 0. The predicted octanol–water partition coefficient (Wildman–Crippen LogP) is 0.626. The van der Waals surface area contributed by atoms with E-state index in [1.54, 1.807) is 31.5 Å². The zero-order chi connectivity index (χ0) is 18.9. The van der Waals surface area contributed by atoms with Crippen molar-refractivity contribution in [2.75, 3.05) is 58.8 Å². The first-order valence-corrected chi connectivity index (χ1v) is 8.43. The number of methoxy groups -OCH3 is 2. The van der Waals surface area contributed by atoms with E-state index in [4.69, 9.17) is 15.2 Å². The monoisotopic (exact) mass is 359 g/mol. The molecule has 1 fully saturated rings. The molecule has 1 amide bonds. The minimum Gasteiger partial charge on any atom is -0.497 e. The smallest absolute Gasteiger partial charge is 0.267 e. The number of hydrogen-bond donors (Lipinski definition) is 2. The Morgan fingerprint density at radius 1 is 1.31 bits per heavy atom. The fraction of sp³-hybridized carbons (Fsp3) is 0.444. The Morgan fingerprint density at radius 3 is 2.62 bits per heavy atom. The summed E-state index contributed by atoms with van der Waals surface area (Å²) in [6.07, 6.45) is 1.61. The summed E-state index contributed by atoms with van der Waals surface area (Å²) < 4.78 is 10.4. The molecule has 1 aromatic carbocycles. The maximum Gasteiger partial charge on any atom is 0.267 e. The van der Waals surface area contributed by atoms with Crippen LogP contribution in [0.15, 0.2) is 30.0 Å². The van der Waals surface area contributed by atoms with Gasteiger partial charge >= 0.3 is 0 Å². The van der Waals surface area contributed by atoms with E-state index in [0.717, 1.165) is 32.7 Å². The fourth-order valence-corrected chi connectivity index (χ4v) is 2.72. The summed E-state index contributed by atoms with van der Waals surface area (Å²) in [5, 5.41) is 12.1. The Balaban J connectivity index is 2.06. The molecule has 1 aliphatic heterocycles. The van der Waals surface area contributed by atoms with Crippen molar-refractivity contribution in [1.29, 1.82) is 5.26 Å². The molecular weight excluding hydrogens is 334 g/mol. The third-order valence-corrected chi connectivity index (χ3v) is 4.18. The normalized spacial score (nSPS) is 15.3. The van der Waals surface area contributed by atoms with Crippen LogP contribution in [0.2, 0.25) is 0 Å². The number of nitrogens with one attached hydrogen (secondary N) is 1. The van der Waals surface area contributed by atoms with Crippen molar-refractivity contribution in [3.05, 3.63) is 30.0 Å². The van der Waals surface area contributed by atoms with Crippen LogP contribution in [0, 0.1) is 11.3 Å². The topological polar surface area (TPSA) is 104 Å². The number of ether oxygens (including phenoxy) is 2. The molecule has 0 spiro atoms. The zero-order valence-corrected chi connectivity index (χ0v) is 15.2. The number of nitriles is 1. The molecule has 1 heterocycles. The molecule has 1 aliphatic rings. The van der Waals surface area contributed by atoms with E-state index in [-0.39, 0.29) is 5.57 Å². The molecule has 1 saturated heterocycles. The van der Waals surface area contributed by atoms with Gasteiger partial charge in [0.1, 0.15) is 23.1 Å². The third kappa shape index (κ3) is 5.12. The number of piperazine rings is 1. The molecule has 0 bridgehead atoms. The Morgan fingerprint density at radius 2 is 2.04 bits per heavy atom. The van der Waals surface area contributed by atoms with Crippen molar-refractivity contribution in [3.8, 4) is 17.6 Å². The summed E-state index contributed by atoms with van der Waals surface area (Å²) in [6, 6.07) is 7.05. The van der Waals surface area contributed by atoms with Crippen LogP contribution in [-0.4, -0.2) is 69.2 Å². The predicted molar refractivity (Wildman–Crippen MR) is 98.9 cm³/mol. The molecule has 0 aliphatic carbocycles. The highest BCUT2D eigenvalue weighted by molar-refractivity contribution is 6.07. The summed E-state index contributed by atoms with van der Waals surface area (Å²) in [5.74, 6) is 0.592. The quantitative estimate of drug-likeness (QED) is 0.543. The van der Waals surface area contributed by atoms with Crippen molar-refractivity contribution < 1.29 is 14.3 Å². The number of hydrogen-bond acceptors (Lipinski definition) is 7. The van der Waals surface area contributed by atoms with Crippen LogP contribution < -0.4 is 20.5 Å². The highest BCUT2D eigenvalue weighted by Crippen LogP contribution is 2.29. The number of rotatable bonds is 7. The Hall–Kier alpha value is -2.76. The van der Waals surface area contributed by atoms with Gasteiger partial charge in [-0.15, -0.1) is 0 Å². The van der Waals surface area contributed by atoms with Gasteiger partial charge in [0.2, 0.25) is 0 Å². The van der Waals surface area contributed by atoms with Crippen molar-refractivity contribution in [1.82, 2.24) is 9.80 Å². The second-order valence-electron chi connectivity index (χ2n) is 5.84. The van der Waals surface area contributed by atoms with Crippen LogP contribution in [0.5, 0.6) is 11.5 Å². The molecule has 2 rings (SSSR count). The van der Waals surface area contributed by atoms with Gasteiger partial charge < -0.3 is 25.4 Å². The van der Waals surface area contributed by atoms with Crippen LogP contribution in [0.1, 0.15) is 0 Å². The van der Waals surface area contributed by atoms with E-state index in [2.05, 4.69) is 10.2 Å². The maximum absolute atomic E-state index is 12.5. The van der Waals surface area contributed by atoms with E-state index in [1.165, 1.54) is 7.11 Å². The summed E-state index contributed by atoms with van der Waals surface area (Å²) in [4.78, 5) is 16.7. The van der Waals surface area contributed by atoms with Gasteiger partial charge in [-0.05, 0) is 12.1 Å². The van der Waals surface area contributed by atoms with E-state index < -0.39 is 5.91 Å². The van der Waals surface area contributed by atoms with Gasteiger partial charge in [-0.1, -0.05) is 0 Å². The number of nitrogens with zero attached hydrogens (tertiary/aromatic N) is 3. The Kier molecular flexibility index (Phi) is 7.26. The molecular formula is C18H25N5O3. The molecule has 8 heteroatoms. The first-order chi connectivity index (χ1) is 12.6. The van der Waals surface area contributed by atoms with Crippen LogP contribution in [0.25, 0.3) is 0 Å². The lowest BCUT2D eigenvalue weighted by Gasteiger charge is -2.33. The molecule has 0 radical (unpaired) electrons. The van der Waals surface area contributed by atoms with Gasteiger partial charge in [0.25, 0.3) is 5.91 Å². The number of benzene rings is 1. The van der Waals surface area contributed by atoms with Crippen molar-refractivity contribution in [3.63, 3.8) is 0 Å². The number of amides is 1. The van der Waals surface area contributed by atoms with E-state index >= 15 is 0 Å². The number of nitrogens with two attached hydrogens (primary N) is 1. The molecule has 0 atom stereocenters. The zero-order valence-electron chi connectivity index (χ0n) is 15.2. The second-order valence-corrected chi connectivity index (χ2v) is 5.84. The number of carbonyl (C=O) groups excluding carboxylic acids is 1. The highest BCUT2D eigenvalue weighted by Gasteiger charge is 2.18. The summed E-state index contributed by atoms with van der Waals surface area (Å²) in [5.41, 5.74) is 6.06. The molecule has 140 valence electrons. The van der Waals surface area contributed by atoms with E-state index in [1.807, 2.05) is 11.0 Å². The van der Waals surface area contributed by atoms with Crippen LogP contribution >= 0.6 is 0 Å². The molecule has 3 N–H and O–H groups in total. The standard InChI is InChI=1S/C18H25N5O3/c1-25-15-3-4-17(26-2)16(11-15)21-18(24)14(12-20)13-23-9-7-22(6-5-19)8-10-23/h3-4,11,13H,5-10,19H2,1-2H3,(H,21,24)/b14-13-. The van der Waals surface area contributed by atoms with Crippen LogP contribution in [0.3, 0.4) is 0 Å². The second kappa shape index (κ2) is 9.65. The molecule has 26 heavy (non-hydrogen) atoms. The third-order valence-electron chi connectivity index (χ3n) is 4.18. The SMILES string of the molecule is COc1ccc(OC)c(NC(=O)/C(C#N)=C\N2CCN(CCN)CC2)c1. The average Bonchev–Trinajstić information content (AvgIpc) is 2.67. The van der Waals surface area contributed by atoms with Crippen molar-refractivity contribution in [2.45, 2.75) is 0 Å². The van der Waals surface area contributed by atoms with Crippen molar-refractivity contribution >= 4 is 11.6 Å². The van der Waals surface area contributed by atoms with Crippen LogP contribution in [-0.2, 0) is 4.79 Å². The minimum atomic E-state index is -0.483. The minimum absolute atomic E-state index is 0.0437. The van der Waals surface area contributed by atoms with E-state index in [0.29, 0.717) is 23.7 Å². The fourth-order valence-electron chi connectivity index (χ4n) is 2.72. The Bertz CT molecular complexity index is 691. The Labute approximate surface area is 153 Å². The molecule has 0 unspecified atom stereocenters. The van der Waals surface area contributed by atoms with Crippen molar-refractivity contribution in [2.24, 2.45) is 5.73 Å². The molecule has 1 aromatic rings. The number of carbonyl (C=O) groups is 1. The van der Waals surface area contributed by atoms with E-state index in [9.17, 15) is 10.1 Å². The summed E-state index contributed by atoms with van der Waals surface area (Å²) in [7, 11) is 3.05. The summed E-state index contributed by atoms with van der Waals surface area (Å²) in [6.45, 7) is 4.71. The first kappa shape index (κ1) is 19.6. The lowest BCUT2D eigenvalue weighted by molar-refractivity contribution is -0.112. The first-order valence-electron chi connectivity index (χ1n) is 8.43. The van der Waals surface area contributed by atoms with Gasteiger partial charge in [-0.25, -0.2) is 0 Å². The average molecular weight is 359 g/mol. The lowest BCUT2D eigenvalue weighted by Crippen LogP contribution is -2.45. The van der Waals surface area contributed by atoms with Gasteiger partial charge in [-0.2, -0.15) is 5.26 Å². The van der Waals surface area contributed by atoms with Crippen LogP contribution in [0.4, 0.5) is 5.69 Å². The number of anilines is 1. The largest absolute Gasteiger partial charge is 0.497 e. The lowest BCUT2D eigenvalue weighted by atomic mass is 10.2. The van der Waals surface area contributed by atoms with Gasteiger partial charge in [0.05, 0.1) is 19.9 Å². The maximum atomic E-state index is 12.5. The van der Waals surface area contributed by atoms with Gasteiger partial charge in [-0.3, -0.25) is 9.69 Å². The molecule has 0 aromatic heterocycles. The molecule has 0 saturated carbocycles. The molecule has 8 nitrogen and oxygen atoms in total. The highest BCUT2D eigenvalue weighted by atomic mass is 16.5.